The molecule has 0 bridgehead atoms. The smallest absolute Gasteiger partial charge is 0.0721 e. The Hall–Kier alpha value is -2.60. The Bertz CT molecular complexity index is 963. The summed E-state index contributed by atoms with van der Waals surface area (Å²) < 4.78 is 0. The van der Waals surface area contributed by atoms with Gasteiger partial charge in [0.2, 0.25) is 0 Å². The van der Waals surface area contributed by atoms with Gasteiger partial charge in [0.15, 0.2) is 0 Å². The zero-order valence-corrected chi connectivity index (χ0v) is 13.4. The van der Waals surface area contributed by atoms with Gasteiger partial charge in [0.1, 0.15) is 0 Å². The SMILES string of the molecule is [O-]N(O)c1ccc(Sc2c3ccccc3nc3ccccc23)cc1. The predicted octanol–water partition coefficient (Wildman–Crippen LogP) is 5.23. The van der Waals surface area contributed by atoms with Gasteiger partial charge in [0, 0.05) is 20.6 Å². The lowest BCUT2D eigenvalue weighted by molar-refractivity contribution is 0.296. The van der Waals surface area contributed by atoms with Crippen molar-refractivity contribution in [3.63, 3.8) is 0 Å². The molecule has 24 heavy (non-hydrogen) atoms. The zero-order valence-electron chi connectivity index (χ0n) is 12.6. The van der Waals surface area contributed by atoms with Crippen molar-refractivity contribution < 1.29 is 5.21 Å². The molecule has 0 fully saturated rings. The van der Waals surface area contributed by atoms with Crippen molar-refractivity contribution in [3.05, 3.63) is 78.0 Å². The van der Waals surface area contributed by atoms with Gasteiger partial charge in [-0.1, -0.05) is 48.2 Å². The van der Waals surface area contributed by atoms with Gasteiger partial charge in [-0.3, -0.25) is 5.21 Å². The van der Waals surface area contributed by atoms with Crippen molar-refractivity contribution in [1.82, 2.24) is 4.98 Å². The first kappa shape index (κ1) is 15.0. The van der Waals surface area contributed by atoms with E-state index in [0.717, 1.165) is 31.6 Å². The number of hydrogen-bond acceptors (Lipinski definition) is 5. The molecule has 4 nitrogen and oxygen atoms in total. The molecule has 0 amide bonds. The first-order chi connectivity index (χ1) is 11.7. The second-order valence-corrected chi connectivity index (χ2v) is 6.43. The molecule has 0 atom stereocenters. The maximum atomic E-state index is 10.9. The highest BCUT2D eigenvalue weighted by Crippen LogP contribution is 2.38. The second-order valence-electron chi connectivity index (χ2n) is 5.34. The fourth-order valence-corrected chi connectivity index (χ4v) is 3.74. The van der Waals surface area contributed by atoms with E-state index >= 15 is 0 Å². The van der Waals surface area contributed by atoms with Crippen LogP contribution in [0.3, 0.4) is 0 Å². The number of nitrogens with zero attached hydrogens (tertiary/aromatic N) is 2. The average molecular weight is 333 g/mol. The van der Waals surface area contributed by atoms with Crippen LogP contribution in [0.5, 0.6) is 0 Å². The number of pyridine rings is 1. The molecule has 0 saturated heterocycles. The summed E-state index contributed by atoms with van der Waals surface area (Å²) in [6, 6.07) is 23.0. The molecule has 1 heterocycles. The first-order valence-corrected chi connectivity index (χ1v) is 8.25. The molecule has 3 aromatic carbocycles. The summed E-state index contributed by atoms with van der Waals surface area (Å²) in [5.74, 6) is 0. The van der Waals surface area contributed by atoms with Gasteiger partial charge in [0.25, 0.3) is 0 Å². The fourth-order valence-electron chi connectivity index (χ4n) is 2.67. The van der Waals surface area contributed by atoms with Crippen LogP contribution in [-0.2, 0) is 0 Å². The molecule has 1 N–H and O–H groups in total. The van der Waals surface area contributed by atoms with Crippen LogP contribution in [0.15, 0.2) is 82.6 Å². The summed E-state index contributed by atoms with van der Waals surface area (Å²) in [6.45, 7) is 0. The normalized spacial score (nSPS) is 11.1. The quantitative estimate of drug-likeness (QED) is 0.411. The third-order valence-electron chi connectivity index (χ3n) is 3.82. The fraction of sp³-hybridized carbons (Fsp3) is 0. The number of benzene rings is 3. The molecular formula is C19H13N2O2S-. The number of fused-ring (bicyclic) bond motifs is 2. The number of rotatable bonds is 3. The Morgan fingerprint density at radius 1 is 0.792 bits per heavy atom. The highest BCUT2D eigenvalue weighted by Gasteiger charge is 2.10. The molecule has 4 aromatic rings. The zero-order chi connectivity index (χ0) is 16.5. The highest BCUT2D eigenvalue weighted by molar-refractivity contribution is 7.99. The Balaban J connectivity index is 1.87. The van der Waals surface area contributed by atoms with Crippen LogP contribution in [0.1, 0.15) is 0 Å². The van der Waals surface area contributed by atoms with Gasteiger partial charge in [-0.15, -0.1) is 0 Å². The van der Waals surface area contributed by atoms with Gasteiger partial charge in [-0.05, 0) is 36.4 Å². The Morgan fingerprint density at radius 3 is 1.88 bits per heavy atom. The van der Waals surface area contributed by atoms with Crippen molar-refractivity contribution in [2.45, 2.75) is 9.79 Å². The van der Waals surface area contributed by atoms with Crippen molar-refractivity contribution >= 4 is 39.3 Å². The standard InChI is InChI=1S/C19H13N2O2S/c22-21(23)13-9-11-14(12-10-13)24-19-15-5-1-3-7-17(15)20-18-8-4-2-6-16(18)19/h1-12,22H/q-1. The highest BCUT2D eigenvalue weighted by atomic mass is 32.2. The lowest BCUT2D eigenvalue weighted by atomic mass is 10.1. The average Bonchev–Trinajstić information content (AvgIpc) is 2.62. The van der Waals surface area contributed by atoms with Gasteiger partial charge < -0.3 is 10.4 Å². The van der Waals surface area contributed by atoms with Crippen LogP contribution in [0, 0.1) is 5.21 Å². The largest absolute Gasteiger partial charge is 0.733 e. The van der Waals surface area contributed by atoms with Crippen LogP contribution in [0.25, 0.3) is 21.8 Å². The van der Waals surface area contributed by atoms with Crippen LogP contribution >= 0.6 is 11.8 Å². The molecular weight excluding hydrogens is 320 g/mol. The van der Waals surface area contributed by atoms with E-state index in [-0.39, 0.29) is 10.9 Å². The lowest BCUT2D eigenvalue weighted by Crippen LogP contribution is -2.06. The van der Waals surface area contributed by atoms with E-state index in [1.54, 1.807) is 23.9 Å². The van der Waals surface area contributed by atoms with Crippen molar-refractivity contribution in [2.75, 3.05) is 5.23 Å². The maximum Gasteiger partial charge on any atom is 0.0721 e. The minimum Gasteiger partial charge on any atom is -0.733 e. The van der Waals surface area contributed by atoms with Crippen LogP contribution in [0.2, 0.25) is 0 Å². The maximum absolute atomic E-state index is 10.9. The van der Waals surface area contributed by atoms with Gasteiger partial charge in [0.05, 0.1) is 16.7 Å². The number of hydrogen-bond donors (Lipinski definition) is 1. The van der Waals surface area contributed by atoms with E-state index in [9.17, 15) is 5.21 Å². The molecule has 0 aliphatic rings. The van der Waals surface area contributed by atoms with Gasteiger partial charge in [-0.2, -0.15) is 0 Å². The lowest BCUT2D eigenvalue weighted by Gasteiger charge is -2.21. The van der Waals surface area contributed by atoms with Crippen LogP contribution in [0.4, 0.5) is 5.69 Å². The molecule has 0 aliphatic carbocycles. The summed E-state index contributed by atoms with van der Waals surface area (Å²) in [4.78, 5) is 6.84. The van der Waals surface area contributed by atoms with E-state index in [2.05, 4.69) is 12.1 Å². The molecule has 1 aromatic heterocycles. The Labute approximate surface area is 142 Å². The predicted molar refractivity (Wildman–Crippen MR) is 97.4 cm³/mol. The first-order valence-electron chi connectivity index (χ1n) is 7.44. The van der Waals surface area contributed by atoms with Gasteiger partial charge in [-0.25, -0.2) is 4.98 Å². The van der Waals surface area contributed by atoms with Crippen LogP contribution < -0.4 is 5.23 Å². The Kier molecular flexibility index (Phi) is 3.82. The molecule has 5 heteroatoms. The summed E-state index contributed by atoms with van der Waals surface area (Å²) in [6.07, 6.45) is 0. The van der Waals surface area contributed by atoms with Gasteiger partial charge >= 0.3 is 0 Å². The molecule has 0 saturated carbocycles. The minimum absolute atomic E-state index is 0.133. The summed E-state index contributed by atoms with van der Waals surface area (Å²) in [7, 11) is 0. The van der Waals surface area contributed by atoms with Crippen molar-refractivity contribution in [1.29, 1.82) is 0 Å². The number of aromatic nitrogens is 1. The van der Waals surface area contributed by atoms with E-state index in [4.69, 9.17) is 10.2 Å². The molecule has 4 rings (SSSR count). The molecule has 0 unspecified atom stereocenters. The molecule has 118 valence electrons. The number of para-hydroxylation sites is 2. The van der Waals surface area contributed by atoms with Crippen molar-refractivity contribution in [3.8, 4) is 0 Å². The summed E-state index contributed by atoms with van der Waals surface area (Å²) in [5.41, 5.74) is 2.12. The third-order valence-corrected chi connectivity index (χ3v) is 4.97. The van der Waals surface area contributed by atoms with Crippen molar-refractivity contribution in [2.24, 2.45) is 0 Å². The topological polar surface area (TPSA) is 59.4 Å². The molecule has 0 radical (unpaired) electrons. The van der Waals surface area contributed by atoms with Crippen LogP contribution in [-0.4, -0.2) is 10.2 Å². The summed E-state index contributed by atoms with van der Waals surface area (Å²) in [5, 5.41) is 21.9. The number of anilines is 1. The minimum atomic E-state index is -0.133. The van der Waals surface area contributed by atoms with E-state index < -0.39 is 0 Å². The van der Waals surface area contributed by atoms with E-state index in [1.807, 2.05) is 48.5 Å². The molecule has 0 spiro atoms. The van der Waals surface area contributed by atoms with E-state index in [0.29, 0.717) is 0 Å². The Morgan fingerprint density at radius 2 is 1.33 bits per heavy atom. The summed E-state index contributed by atoms with van der Waals surface area (Å²) >= 11 is 1.62. The second kappa shape index (κ2) is 6.13. The molecule has 0 aliphatic heterocycles. The third kappa shape index (κ3) is 2.69. The monoisotopic (exact) mass is 333 g/mol. The van der Waals surface area contributed by atoms with E-state index in [1.165, 1.54) is 0 Å².